The number of Topliss-reactive ketones (excluding diaryl/α,β-unsaturated/α-hetero) is 1. The Balaban J connectivity index is 2.22. The minimum absolute atomic E-state index is 0.304. The molecule has 1 aromatic carbocycles. The maximum absolute atomic E-state index is 11.6. The van der Waals surface area contributed by atoms with Gasteiger partial charge in [-0.25, -0.2) is 0 Å². The molecule has 2 rings (SSSR count). The molecule has 1 aliphatic heterocycles. The zero-order valence-corrected chi connectivity index (χ0v) is 9.10. The molecule has 1 aliphatic rings. The van der Waals surface area contributed by atoms with Crippen LogP contribution in [0.15, 0.2) is 24.3 Å². The van der Waals surface area contributed by atoms with Crippen LogP contribution in [-0.4, -0.2) is 25.3 Å². The molecule has 0 radical (unpaired) electrons. The third-order valence-corrected chi connectivity index (χ3v) is 2.65. The van der Waals surface area contributed by atoms with Crippen molar-refractivity contribution in [3.05, 3.63) is 24.3 Å². The highest BCUT2D eigenvalue weighted by atomic mass is 16.5. The summed E-state index contributed by atoms with van der Waals surface area (Å²) in [6.45, 7) is 0.608. The first kappa shape index (κ1) is 10.7. The molecule has 1 fully saturated rings. The zero-order valence-electron chi connectivity index (χ0n) is 9.10. The topological polar surface area (TPSA) is 46.6 Å². The number of ether oxygens (including phenoxy) is 1. The number of hydrogen-bond acceptors (Lipinski definition) is 3. The maximum atomic E-state index is 11.6. The molecular weight excluding hydrogens is 206 g/mol. The van der Waals surface area contributed by atoms with Crippen LogP contribution in [0.1, 0.15) is 12.8 Å². The predicted octanol–water partition coefficient (Wildman–Crippen LogP) is 1.39. The Bertz CT molecular complexity index is 411. The maximum Gasteiger partial charge on any atom is 0.294 e. The summed E-state index contributed by atoms with van der Waals surface area (Å²) in [5, 5.41) is 0. The second kappa shape index (κ2) is 4.35. The lowest BCUT2D eigenvalue weighted by atomic mass is 10.1. The third-order valence-electron chi connectivity index (χ3n) is 2.65. The molecule has 0 atom stereocenters. The van der Waals surface area contributed by atoms with Crippen molar-refractivity contribution in [2.75, 3.05) is 18.6 Å². The van der Waals surface area contributed by atoms with Gasteiger partial charge in [0.25, 0.3) is 5.91 Å². The van der Waals surface area contributed by atoms with Gasteiger partial charge in [-0.05, 0) is 30.7 Å². The highest BCUT2D eigenvalue weighted by molar-refractivity contribution is 6.41. The number of carbonyl (C=O) groups is 2. The van der Waals surface area contributed by atoms with Gasteiger partial charge in [0.15, 0.2) is 0 Å². The molecule has 0 unspecified atom stereocenters. The number of methoxy groups -OCH3 is 1. The number of nitrogens with zero attached hydrogens (tertiary/aromatic N) is 1. The van der Waals surface area contributed by atoms with Gasteiger partial charge < -0.3 is 9.64 Å². The standard InChI is InChI=1S/C12H13NO3/c1-16-10-6-4-9(5-7-10)13-8-2-3-11(14)12(13)15/h4-7H,2-3,8H2,1H3. The Morgan fingerprint density at radius 2 is 1.88 bits per heavy atom. The normalized spacial score (nSPS) is 16.4. The molecular formula is C12H13NO3. The van der Waals surface area contributed by atoms with Gasteiger partial charge in [0.1, 0.15) is 5.75 Å². The molecule has 0 N–H and O–H groups in total. The van der Waals surface area contributed by atoms with Crippen LogP contribution in [0.3, 0.4) is 0 Å². The lowest BCUT2D eigenvalue weighted by Crippen LogP contribution is -2.41. The van der Waals surface area contributed by atoms with E-state index in [4.69, 9.17) is 4.74 Å². The second-order valence-corrected chi connectivity index (χ2v) is 3.68. The molecule has 1 aromatic rings. The molecule has 0 aromatic heterocycles. The van der Waals surface area contributed by atoms with Gasteiger partial charge in [-0.15, -0.1) is 0 Å². The minimum atomic E-state index is -0.406. The summed E-state index contributed by atoms with van der Waals surface area (Å²) < 4.78 is 5.03. The predicted molar refractivity (Wildman–Crippen MR) is 59.6 cm³/mol. The van der Waals surface area contributed by atoms with E-state index in [0.29, 0.717) is 13.0 Å². The van der Waals surface area contributed by atoms with Crippen LogP contribution in [0.2, 0.25) is 0 Å². The Labute approximate surface area is 93.8 Å². The summed E-state index contributed by atoms with van der Waals surface area (Å²) in [6, 6.07) is 7.13. The van der Waals surface area contributed by atoms with E-state index in [9.17, 15) is 9.59 Å². The van der Waals surface area contributed by atoms with Crippen LogP contribution in [0.5, 0.6) is 5.75 Å². The van der Waals surface area contributed by atoms with Crippen molar-refractivity contribution in [2.24, 2.45) is 0 Å². The number of ketones is 1. The van der Waals surface area contributed by atoms with Crippen molar-refractivity contribution >= 4 is 17.4 Å². The van der Waals surface area contributed by atoms with Gasteiger partial charge in [0.05, 0.1) is 7.11 Å². The molecule has 4 nitrogen and oxygen atoms in total. The van der Waals surface area contributed by atoms with Crippen LogP contribution in [0.25, 0.3) is 0 Å². The fourth-order valence-electron chi connectivity index (χ4n) is 1.77. The summed E-state index contributed by atoms with van der Waals surface area (Å²) in [5.74, 6) is 0.0259. The molecule has 16 heavy (non-hydrogen) atoms. The van der Waals surface area contributed by atoms with E-state index in [-0.39, 0.29) is 5.78 Å². The Kier molecular flexibility index (Phi) is 2.90. The van der Waals surface area contributed by atoms with E-state index in [1.807, 2.05) is 0 Å². The van der Waals surface area contributed by atoms with Crippen molar-refractivity contribution in [1.82, 2.24) is 0 Å². The number of piperidine rings is 1. The molecule has 1 saturated heterocycles. The van der Waals surface area contributed by atoms with Gasteiger partial charge in [-0.2, -0.15) is 0 Å². The number of carbonyl (C=O) groups excluding carboxylic acids is 2. The van der Waals surface area contributed by atoms with Crippen LogP contribution in [-0.2, 0) is 9.59 Å². The lowest BCUT2D eigenvalue weighted by Gasteiger charge is -2.25. The van der Waals surface area contributed by atoms with E-state index in [0.717, 1.165) is 17.9 Å². The van der Waals surface area contributed by atoms with Crippen LogP contribution >= 0.6 is 0 Å². The van der Waals surface area contributed by atoms with Crippen molar-refractivity contribution in [2.45, 2.75) is 12.8 Å². The Hall–Kier alpha value is -1.84. The molecule has 4 heteroatoms. The highest BCUT2D eigenvalue weighted by Gasteiger charge is 2.27. The molecule has 0 spiro atoms. The molecule has 1 heterocycles. The number of amides is 1. The molecule has 84 valence electrons. The lowest BCUT2D eigenvalue weighted by molar-refractivity contribution is -0.137. The zero-order chi connectivity index (χ0) is 11.5. The summed E-state index contributed by atoms with van der Waals surface area (Å²) in [5.41, 5.74) is 0.749. The fourth-order valence-corrected chi connectivity index (χ4v) is 1.77. The van der Waals surface area contributed by atoms with E-state index >= 15 is 0 Å². The van der Waals surface area contributed by atoms with Crippen molar-refractivity contribution in [3.63, 3.8) is 0 Å². The van der Waals surface area contributed by atoms with E-state index in [1.54, 1.807) is 31.4 Å². The molecule has 0 aliphatic carbocycles. The van der Waals surface area contributed by atoms with Gasteiger partial charge in [0.2, 0.25) is 5.78 Å². The smallest absolute Gasteiger partial charge is 0.294 e. The first-order chi connectivity index (χ1) is 7.72. The Morgan fingerprint density at radius 3 is 2.50 bits per heavy atom. The number of anilines is 1. The number of benzene rings is 1. The monoisotopic (exact) mass is 219 g/mol. The van der Waals surface area contributed by atoms with Gasteiger partial charge in [-0.1, -0.05) is 0 Å². The fraction of sp³-hybridized carbons (Fsp3) is 0.333. The first-order valence-corrected chi connectivity index (χ1v) is 5.21. The van der Waals surface area contributed by atoms with Crippen molar-refractivity contribution in [3.8, 4) is 5.75 Å². The average Bonchev–Trinajstić information content (AvgIpc) is 2.33. The van der Waals surface area contributed by atoms with Crippen LogP contribution in [0, 0.1) is 0 Å². The second-order valence-electron chi connectivity index (χ2n) is 3.68. The summed E-state index contributed by atoms with van der Waals surface area (Å²) in [6.07, 6.45) is 1.10. The van der Waals surface area contributed by atoms with Crippen molar-refractivity contribution in [1.29, 1.82) is 0 Å². The largest absolute Gasteiger partial charge is 0.497 e. The summed E-state index contributed by atoms with van der Waals surface area (Å²) >= 11 is 0. The Morgan fingerprint density at radius 1 is 1.19 bits per heavy atom. The van der Waals surface area contributed by atoms with E-state index in [1.165, 1.54) is 4.90 Å². The quantitative estimate of drug-likeness (QED) is 0.706. The van der Waals surface area contributed by atoms with Gasteiger partial charge >= 0.3 is 0 Å². The first-order valence-electron chi connectivity index (χ1n) is 5.21. The van der Waals surface area contributed by atoms with Crippen LogP contribution < -0.4 is 9.64 Å². The average molecular weight is 219 g/mol. The molecule has 1 amide bonds. The minimum Gasteiger partial charge on any atom is -0.497 e. The highest BCUT2D eigenvalue weighted by Crippen LogP contribution is 2.22. The number of hydrogen-bond donors (Lipinski definition) is 0. The van der Waals surface area contributed by atoms with E-state index < -0.39 is 5.91 Å². The van der Waals surface area contributed by atoms with Crippen molar-refractivity contribution < 1.29 is 14.3 Å². The van der Waals surface area contributed by atoms with E-state index in [2.05, 4.69) is 0 Å². The SMILES string of the molecule is COc1ccc(N2CCCC(=O)C2=O)cc1. The van der Waals surface area contributed by atoms with Gasteiger partial charge in [-0.3, -0.25) is 9.59 Å². The summed E-state index contributed by atoms with van der Waals surface area (Å²) in [7, 11) is 1.59. The molecule has 0 bridgehead atoms. The van der Waals surface area contributed by atoms with Gasteiger partial charge in [0, 0.05) is 18.7 Å². The third kappa shape index (κ3) is 1.91. The van der Waals surface area contributed by atoms with Crippen LogP contribution in [0.4, 0.5) is 5.69 Å². The number of rotatable bonds is 2. The summed E-state index contributed by atoms with van der Waals surface area (Å²) in [4.78, 5) is 24.4. The molecule has 0 saturated carbocycles.